The van der Waals surface area contributed by atoms with Gasteiger partial charge < -0.3 is 5.73 Å². The number of nitrogens with two attached hydrogens (primary N) is 1. The summed E-state index contributed by atoms with van der Waals surface area (Å²) < 4.78 is 1.17. The summed E-state index contributed by atoms with van der Waals surface area (Å²) in [6.07, 6.45) is 2.17. The minimum absolute atomic E-state index is 0.195. The Kier molecular flexibility index (Phi) is 4.62. The highest BCUT2D eigenvalue weighted by Gasteiger charge is 2.30. The zero-order chi connectivity index (χ0) is 14.1. The second-order valence-corrected chi connectivity index (χ2v) is 8.13. The molecule has 3 heterocycles. The third-order valence-electron chi connectivity index (χ3n) is 3.99. The maximum Gasteiger partial charge on any atom is 0.0596 e. The van der Waals surface area contributed by atoms with E-state index in [1.54, 1.807) is 4.88 Å². The summed E-state index contributed by atoms with van der Waals surface area (Å²) in [5, 5.41) is 4.37. The molecule has 20 heavy (non-hydrogen) atoms. The molecule has 0 saturated heterocycles. The molecule has 0 aliphatic carbocycles. The van der Waals surface area contributed by atoms with Crippen LogP contribution in [0.2, 0.25) is 0 Å². The average Bonchev–Trinajstić information content (AvgIpc) is 3.07. The van der Waals surface area contributed by atoms with E-state index >= 15 is 0 Å². The maximum atomic E-state index is 6.44. The van der Waals surface area contributed by atoms with E-state index in [9.17, 15) is 0 Å². The number of thiophene rings is 2. The summed E-state index contributed by atoms with van der Waals surface area (Å²) in [5.41, 5.74) is 7.93. The molecule has 1 aliphatic heterocycles. The quantitative estimate of drug-likeness (QED) is 0.863. The van der Waals surface area contributed by atoms with Crippen molar-refractivity contribution in [3.05, 3.63) is 42.7 Å². The lowest BCUT2D eigenvalue weighted by atomic mass is 9.99. The summed E-state index contributed by atoms with van der Waals surface area (Å²) in [6.45, 7) is 4.33. The Hall–Kier alpha value is -0.200. The van der Waals surface area contributed by atoms with E-state index in [1.165, 1.54) is 14.9 Å². The van der Waals surface area contributed by atoms with Crippen molar-refractivity contribution in [3.8, 4) is 0 Å². The number of nitrogens with zero attached hydrogens (tertiary/aromatic N) is 1. The lowest BCUT2D eigenvalue weighted by Gasteiger charge is -2.37. The summed E-state index contributed by atoms with van der Waals surface area (Å²) in [4.78, 5) is 5.49. The van der Waals surface area contributed by atoms with E-state index in [1.807, 2.05) is 22.7 Å². The smallest absolute Gasteiger partial charge is 0.0596 e. The zero-order valence-electron chi connectivity index (χ0n) is 11.5. The van der Waals surface area contributed by atoms with E-state index in [-0.39, 0.29) is 6.04 Å². The lowest BCUT2D eigenvalue weighted by Crippen LogP contribution is -2.42. The Labute approximate surface area is 136 Å². The van der Waals surface area contributed by atoms with Gasteiger partial charge in [-0.05, 0) is 51.8 Å². The van der Waals surface area contributed by atoms with Crippen molar-refractivity contribution in [2.24, 2.45) is 5.73 Å². The van der Waals surface area contributed by atoms with Crippen LogP contribution in [0.3, 0.4) is 0 Å². The van der Waals surface area contributed by atoms with Crippen molar-refractivity contribution in [2.45, 2.75) is 38.4 Å². The van der Waals surface area contributed by atoms with E-state index in [0.717, 1.165) is 25.9 Å². The fourth-order valence-electron chi connectivity index (χ4n) is 2.88. The minimum atomic E-state index is 0.195. The van der Waals surface area contributed by atoms with Crippen molar-refractivity contribution in [3.63, 3.8) is 0 Å². The van der Waals surface area contributed by atoms with Gasteiger partial charge in [0.05, 0.1) is 6.04 Å². The predicted octanol–water partition coefficient (Wildman–Crippen LogP) is 4.41. The molecule has 2 aromatic heterocycles. The first-order chi connectivity index (χ1) is 9.69. The van der Waals surface area contributed by atoms with Gasteiger partial charge in [-0.25, -0.2) is 0 Å². The molecule has 0 saturated carbocycles. The van der Waals surface area contributed by atoms with Crippen molar-refractivity contribution >= 4 is 38.6 Å². The van der Waals surface area contributed by atoms with Crippen LogP contribution in [0, 0.1) is 0 Å². The third kappa shape index (κ3) is 2.88. The monoisotopic (exact) mass is 370 g/mol. The normalized spacial score (nSPS) is 18.8. The van der Waals surface area contributed by atoms with Gasteiger partial charge in [0.15, 0.2) is 0 Å². The Balaban J connectivity index is 1.87. The molecule has 108 valence electrons. The molecule has 2 N–H and O–H groups in total. The van der Waals surface area contributed by atoms with Crippen molar-refractivity contribution in [1.29, 1.82) is 0 Å². The van der Waals surface area contributed by atoms with Crippen LogP contribution in [0.5, 0.6) is 0 Å². The summed E-state index contributed by atoms with van der Waals surface area (Å²) >= 11 is 7.27. The molecule has 2 atom stereocenters. The van der Waals surface area contributed by atoms with Crippen molar-refractivity contribution in [2.75, 3.05) is 6.54 Å². The van der Waals surface area contributed by atoms with Gasteiger partial charge in [0, 0.05) is 38.7 Å². The zero-order valence-corrected chi connectivity index (χ0v) is 14.7. The van der Waals surface area contributed by atoms with Gasteiger partial charge in [-0.2, -0.15) is 0 Å². The van der Waals surface area contributed by atoms with Gasteiger partial charge >= 0.3 is 0 Å². The minimum Gasteiger partial charge on any atom is -0.326 e. The summed E-state index contributed by atoms with van der Waals surface area (Å²) in [6, 6.07) is 5.03. The topological polar surface area (TPSA) is 29.3 Å². The van der Waals surface area contributed by atoms with Crippen LogP contribution in [0.15, 0.2) is 27.4 Å². The number of rotatable bonds is 4. The molecule has 2 nitrogen and oxygen atoms in total. The number of fused-ring (bicyclic) bond motifs is 1. The number of hydrogen-bond acceptors (Lipinski definition) is 4. The molecule has 2 unspecified atom stereocenters. The van der Waals surface area contributed by atoms with E-state index < -0.39 is 0 Å². The largest absolute Gasteiger partial charge is 0.326 e. The Bertz CT molecular complexity index is 578. The van der Waals surface area contributed by atoms with Gasteiger partial charge in [-0.3, -0.25) is 4.90 Å². The first kappa shape index (κ1) is 14.7. The first-order valence-corrected chi connectivity index (χ1v) is 9.53. The number of hydrogen-bond donors (Lipinski definition) is 1. The van der Waals surface area contributed by atoms with Crippen molar-refractivity contribution < 1.29 is 0 Å². The van der Waals surface area contributed by atoms with Gasteiger partial charge in [-0.15, -0.1) is 22.7 Å². The standard InChI is InChI=1S/C15H19BrN2S2/c1-2-12(17)15(14-7-11(16)9-20-14)18-5-3-13-10(8-18)4-6-19-13/h4,6-7,9,12,15H,2-3,5,8,17H2,1H3. The van der Waals surface area contributed by atoms with Crippen LogP contribution < -0.4 is 5.73 Å². The van der Waals surface area contributed by atoms with E-state index in [4.69, 9.17) is 5.73 Å². The van der Waals surface area contributed by atoms with Gasteiger partial charge in [-0.1, -0.05) is 6.92 Å². The maximum absolute atomic E-state index is 6.44. The molecule has 0 aromatic carbocycles. The second kappa shape index (κ2) is 6.28. The fourth-order valence-corrected chi connectivity index (χ4v) is 5.42. The van der Waals surface area contributed by atoms with Gasteiger partial charge in [0.25, 0.3) is 0 Å². The van der Waals surface area contributed by atoms with Crippen LogP contribution in [-0.4, -0.2) is 17.5 Å². The van der Waals surface area contributed by atoms with Crippen LogP contribution in [0.25, 0.3) is 0 Å². The molecule has 0 bridgehead atoms. The molecule has 1 aliphatic rings. The fraction of sp³-hybridized carbons (Fsp3) is 0.467. The molecular formula is C15H19BrN2S2. The van der Waals surface area contributed by atoms with Crippen molar-refractivity contribution in [1.82, 2.24) is 4.90 Å². The first-order valence-electron chi connectivity index (χ1n) is 6.98. The SMILES string of the molecule is CCC(N)C(c1cc(Br)cs1)N1CCc2sccc2C1. The Morgan fingerprint density at radius 1 is 1.45 bits per heavy atom. The molecule has 2 aromatic rings. The predicted molar refractivity (Wildman–Crippen MR) is 91.5 cm³/mol. The Morgan fingerprint density at radius 3 is 3.00 bits per heavy atom. The van der Waals surface area contributed by atoms with E-state index in [2.05, 4.69) is 50.6 Å². The average molecular weight is 371 g/mol. The highest BCUT2D eigenvalue weighted by molar-refractivity contribution is 9.10. The molecular weight excluding hydrogens is 352 g/mol. The molecule has 0 amide bonds. The van der Waals surface area contributed by atoms with Gasteiger partial charge in [0.2, 0.25) is 0 Å². The summed E-state index contributed by atoms with van der Waals surface area (Å²) in [7, 11) is 0. The Morgan fingerprint density at radius 2 is 2.30 bits per heavy atom. The van der Waals surface area contributed by atoms with Crippen LogP contribution >= 0.6 is 38.6 Å². The number of halogens is 1. The van der Waals surface area contributed by atoms with Crippen LogP contribution in [0.1, 0.15) is 34.7 Å². The lowest BCUT2D eigenvalue weighted by molar-refractivity contribution is 0.157. The highest BCUT2D eigenvalue weighted by atomic mass is 79.9. The molecule has 0 fully saturated rings. The summed E-state index contributed by atoms with van der Waals surface area (Å²) in [5.74, 6) is 0. The molecule has 3 rings (SSSR count). The van der Waals surface area contributed by atoms with Gasteiger partial charge in [0.1, 0.15) is 0 Å². The molecule has 0 radical (unpaired) electrons. The molecule has 5 heteroatoms. The highest BCUT2D eigenvalue weighted by Crippen LogP contribution is 2.36. The van der Waals surface area contributed by atoms with Crippen LogP contribution in [0.4, 0.5) is 0 Å². The molecule has 0 spiro atoms. The third-order valence-corrected chi connectivity index (χ3v) is 6.77. The van der Waals surface area contributed by atoms with E-state index in [0.29, 0.717) is 6.04 Å². The van der Waals surface area contributed by atoms with Crippen LogP contribution in [-0.2, 0) is 13.0 Å². The second-order valence-electron chi connectivity index (χ2n) is 5.27.